The lowest BCUT2D eigenvalue weighted by Crippen LogP contribution is -2.09. The van der Waals surface area contributed by atoms with Gasteiger partial charge >= 0.3 is 0 Å². The first-order valence-electron chi connectivity index (χ1n) is 7.80. The first kappa shape index (κ1) is 15.3. The summed E-state index contributed by atoms with van der Waals surface area (Å²) >= 11 is 0. The van der Waals surface area contributed by atoms with Gasteiger partial charge < -0.3 is 4.98 Å². The molecule has 0 aliphatic carbocycles. The number of rotatable bonds is 2. The van der Waals surface area contributed by atoms with Gasteiger partial charge in [0.25, 0.3) is 5.56 Å². The van der Waals surface area contributed by atoms with Crippen LogP contribution in [0.15, 0.2) is 77.6 Å². The van der Waals surface area contributed by atoms with Crippen molar-refractivity contribution < 1.29 is 8.78 Å². The number of aromatic nitrogens is 1. The van der Waals surface area contributed by atoms with Crippen LogP contribution in [0, 0.1) is 11.6 Å². The molecule has 3 aromatic carbocycles. The molecule has 25 heavy (non-hydrogen) atoms. The van der Waals surface area contributed by atoms with Crippen LogP contribution in [0.25, 0.3) is 33.2 Å². The molecule has 1 N–H and O–H groups in total. The maximum Gasteiger partial charge on any atom is 0.256 e. The van der Waals surface area contributed by atoms with Crippen molar-refractivity contribution in [2.75, 3.05) is 0 Å². The number of pyridine rings is 1. The standard InChI is InChI=1S/C21H13F2NO/c22-15-9-5-13(6-10-15)19-17-3-1-2-4-18(17)21(25)24-20(19)14-7-11-16(23)12-8-14/h1-12H,(H,24,25). The van der Waals surface area contributed by atoms with Crippen LogP contribution in [0.5, 0.6) is 0 Å². The molecule has 0 aliphatic rings. The van der Waals surface area contributed by atoms with Crippen molar-refractivity contribution in [2.24, 2.45) is 0 Å². The first-order valence-corrected chi connectivity index (χ1v) is 7.80. The van der Waals surface area contributed by atoms with E-state index in [1.54, 1.807) is 36.4 Å². The lowest BCUT2D eigenvalue weighted by molar-refractivity contribution is 0.627. The molecule has 0 saturated carbocycles. The largest absolute Gasteiger partial charge is 0.321 e. The van der Waals surface area contributed by atoms with Gasteiger partial charge in [-0.05, 0) is 59.0 Å². The van der Waals surface area contributed by atoms with Crippen molar-refractivity contribution in [1.82, 2.24) is 4.98 Å². The van der Waals surface area contributed by atoms with Crippen LogP contribution < -0.4 is 5.56 Å². The Morgan fingerprint density at radius 3 is 1.76 bits per heavy atom. The SMILES string of the molecule is O=c1[nH]c(-c2ccc(F)cc2)c(-c2ccc(F)cc2)c2ccccc12. The van der Waals surface area contributed by atoms with Crippen LogP contribution >= 0.6 is 0 Å². The molecule has 4 rings (SSSR count). The second kappa shape index (κ2) is 5.98. The van der Waals surface area contributed by atoms with E-state index in [1.165, 1.54) is 24.3 Å². The minimum Gasteiger partial charge on any atom is -0.321 e. The second-order valence-electron chi connectivity index (χ2n) is 5.76. The highest BCUT2D eigenvalue weighted by molar-refractivity contribution is 6.02. The van der Waals surface area contributed by atoms with Crippen molar-refractivity contribution in [2.45, 2.75) is 0 Å². The Bertz CT molecular complexity index is 1110. The van der Waals surface area contributed by atoms with E-state index in [2.05, 4.69) is 4.98 Å². The van der Waals surface area contributed by atoms with Crippen LogP contribution in [-0.4, -0.2) is 4.98 Å². The highest BCUT2D eigenvalue weighted by Gasteiger charge is 2.15. The van der Waals surface area contributed by atoms with Gasteiger partial charge in [-0.1, -0.05) is 30.3 Å². The average molecular weight is 333 g/mol. The van der Waals surface area contributed by atoms with Gasteiger partial charge in [0.2, 0.25) is 0 Å². The van der Waals surface area contributed by atoms with E-state index in [1.807, 2.05) is 12.1 Å². The third-order valence-electron chi connectivity index (χ3n) is 4.20. The van der Waals surface area contributed by atoms with Crippen LogP contribution in [0.2, 0.25) is 0 Å². The second-order valence-corrected chi connectivity index (χ2v) is 5.76. The predicted molar refractivity (Wildman–Crippen MR) is 95.4 cm³/mol. The molecule has 0 radical (unpaired) electrons. The minimum absolute atomic E-state index is 0.221. The predicted octanol–water partition coefficient (Wildman–Crippen LogP) is 5.14. The van der Waals surface area contributed by atoms with Crippen molar-refractivity contribution in [3.63, 3.8) is 0 Å². The van der Waals surface area contributed by atoms with Crippen LogP contribution in [-0.2, 0) is 0 Å². The molecule has 0 amide bonds. The molecular formula is C21H13F2NO. The zero-order chi connectivity index (χ0) is 17.4. The van der Waals surface area contributed by atoms with Crippen molar-refractivity contribution in [1.29, 1.82) is 0 Å². The zero-order valence-corrected chi connectivity index (χ0v) is 13.1. The van der Waals surface area contributed by atoms with Crippen LogP contribution in [0.3, 0.4) is 0 Å². The molecule has 1 aromatic heterocycles. The zero-order valence-electron chi connectivity index (χ0n) is 13.1. The maximum absolute atomic E-state index is 13.3. The topological polar surface area (TPSA) is 32.9 Å². The summed E-state index contributed by atoms with van der Waals surface area (Å²) < 4.78 is 26.6. The summed E-state index contributed by atoms with van der Waals surface area (Å²) in [6.45, 7) is 0. The van der Waals surface area contributed by atoms with E-state index in [9.17, 15) is 13.6 Å². The molecule has 0 unspecified atom stereocenters. The Balaban J connectivity index is 2.11. The molecule has 0 aliphatic heterocycles. The quantitative estimate of drug-likeness (QED) is 0.541. The summed E-state index contributed by atoms with van der Waals surface area (Å²) in [6, 6.07) is 19.3. The molecule has 4 heteroatoms. The van der Waals surface area contributed by atoms with Crippen molar-refractivity contribution in [3.8, 4) is 22.4 Å². The van der Waals surface area contributed by atoms with E-state index < -0.39 is 0 Å². The summed E-state index contributed by atoms with van der Waals surface area (Å²) in [4.78, 5) is 15.4. The lowest BCUT2D eigenvalue weighted by atomic mass is 9.94. The van der Waals surface area contributed by atoms with Gasteiger partial charge in [0.05, 0.1) is 5.69 Å². The molecule has 1 heterocycles. The van der Waals surface area contributed by atoms with Crippen molar-refractivity contribution in [3.05, 3.63) is 94.8 Å². The van der Waals surface area contributed by atoms with Gasteiger partial charge in [-0.15, -0.1) is 0 Å². The number of hydrogen-bond acceptors (Lipinski definition) is 1. The first-order chi connectivity index (χ1) is 12.1. The summed E-state index contributed by atoms with van der Waals surface area (Å²) in [5.74, 6) is -0.684. The molecular weight excluding hydrogens is 320 g/mol. The fourth-order valence-electron chi connectivity index (χ4n) is 3.03. The van der Waals surface area contributed by atoms with Gasteiger partial charge in [-0.2, -0.15) is 0 Å². The molecule has 0 bridgehead atoms. The summed E-state index contributed by atoms with van der Waals surface area (Å²) in [5, 5.41) is 1.31. The Morgan fingerprint density at radius 1 is 0.640 bits per heavy atom. The molecule has 0 fully saturated rings. The molecule has 0 spiro atoms. The number of hydrogen-bond donors (Lipinski definition) is 1. The van der Waals surface area contributed by atoms with Crippen molar-refractivity contribution >= 4 is 10.8 Å². The normalized spacial score (nSPS) is 11.0. The fraction of sp³-hybridized carbons (Fsp3) is 0. The third kappa shape index (κ3) is 2.72. The monoisotopic (exact) mass is 333 g/mol. The summed E-state index contributed by atoms with van der Waals surface area (Å²) in [5.41, 5.74) is 2.59. The average Bonchev–Trinajstić information content (AvgIpc) is 2.63. The number of H-pyrrole nitrogens is 1. The Kier molecular flexibility index (Phi) is 3.65. The molecule has 4 aromatic rings. The van der Waals surface area contributed by atoms with E-state index in [0.717, 1.165) is 16.5 Å². The van der Waals surface area contributed by atoms with Gasteiger partial charge in [-0.3, -0.25) is 4.79 Å². The maximum atomic E-state index is 13.3. The lowest BCUT2D eigenvalue weighted by Gasteiger charge is -2.13. The number of halogens is 2. The number of aromatic amines is 1. The molecule has 0 saturated heterocycles. The Hall–Kier alpha value is -3.27. The molecule has 2 nitrogen and oxygen atoms in total. The highest BCUT2D eigenvalue weighted by atomic mass is 19.1. The summed E-state index contributed by atoms with van der Waals surface area (Å²) in [6.07, 6.45) is 0. The minimum atomic E-state index is -0.352. The van der Waals surface area contributed by atoms with E-state index in [-0.39, 0.29) is 17.2 Å². The summed E-state index contributed by atoms with van der Waals surface area (Å²) in [7, 11) is 0. The highest BCUT2D eigenvalue weighted by Crippen LogP contribution is 2.35. The molecule has 0 atom stereocenters. The van der Waals surface area contributed by atoms with Crippen LogP contribution in [0.4, 0.5) is 8.78 Å². The fourth-order valence-corrected chi connectivity index (χ4v) is 3.03. The van der Waals surface area contributed by atoms with Gasteiger partial charge in [0, 0.05) is 10.9 Å². The van der Waals surface area contributed by atoms with Crippen LogP contribution in [0.1, 0.15) is 0 Å². The van der Waals surface area contributed by atoms with E-state index >= 15 is 0 Å². The third-order valence-corrected chi connectivity index (χ3v) is 4.20. The number of benzene rings is 3. The number of fused-ring (bicyclic) bond motifs is 1. The van der Waals surface area contributed by atoms with Gasteiger partial charge in [0.1, 0.15) is 11.6 Å². The van der Waals surface area contributed by atoms with Gasteiger partial charge in [-0.25, -0.2) is 8.78 Å². The van der Waals surface area contributed by atoms with E-state index in [4.69, 9.17) is 0 Å². The number of nitrogens with one attached hydrogen (secondary N) is 1. The smallest absolute Gasteiger partial charge is 0.256 e. The molecule has 122 valence electrons. The Labute approximate surface area is 142 Å². The van der Waals surface area contributed by atoms with Gasteiger partial charge in [0.15, 0.2) is 0 Å². The van der Waals surface area contributed by atoms with E-state index in [0.29, 0.717) is 16.6 Å². The Morgan fingerprint density at radius 2 is 1.16 bits per heavy atom.